The molecule has 0 saturated carbocycles. The number of ether oxygens (including phenoxy) is 2. The van der Waals surface area contributed by atoms with Crippen molar-refractivity contribution in [3.05, 3.63) is 0 Å². The molecule has 0 amide bonds. The lowest BCUT2D eigenvalue weighted by Gasteiger charge is -2.25. The molecule has 9 nitrogen and oxygen atoms in total. The lowest BCUT2D eigenvalue weighted by molar-refractivity contribution is -0.870. The van der Waals surface area contributed by atoms with Gasteiger partial charge in [0, 0.05) is 12.8 Å². The molecule has 2 atom stereocenters. The summed E-state index contributed by atoms with van der Waals surface area (Å²) in [6.45, 7) is 6.67. The van der Waals surface area contributed by atoms with Crippen molar-refractivity contribution in [1.82, 2.24) is 0 Å². The average molecular weight is 707 g/mol. The van der Waals surface area contributed by atoms with Gasteiger partial charge in [-0.25, -0.2) is 4.57 Å². The van der Waals surface area contributed by atoms with Crippen LogP contribution in [0.4, 0.5) is 0 Å². The van der Waals surface area contributed by atoms with Crippen LogP contribution in [0.25, 0.3) is 0 Å². The Morgan fingerprint density at radius 2 is 0.958 bits per heavy atom. The first-order valence-corrected chi connectivity index (χ1v) is 21.2. The van der Waals surface area contributed by atoms with Gasteiger partial charge in [-0.15, -0.1) is 0 Å². The Kier molecular flexibility index (Phi) is 31.3. The Bertz CT molecular complexity index is 804. The van der Waals surface area contributed by atoms with Gasteiger partial charge in [-0.1, -0.05) is 142 Å². The zero-order valence-corrected chi connectivity index (χ0v) is 33.1. The van der Waals surface area contributed by atoms with Crippen molar-refractivity contribution in [3.63, 3.8) is 0 Å². The molecular formula is C38H77NO8P+. The third kappa shape index (κ3) is 32.2. The van der Waals surface area contributed by atoms with Crippen LogP contribution in [0, 0.1) is 0 Å². The summed E-state index contributed by atoms with van der Waals surface area (Å²) < 4.78 is 41.4. The summed E-state index contributed by atoms with van der Waals surface area (Å²) in [5.74, 6) is -0.710. The molecule has 0 aliphatic carbocycles. The molecule has 2 unspecified atom stereocenters. The molecule has 0 bridgehead atoms. The highest BCUT2D eigenvalue weighted by molar-refractivity contribution is 7.48. The molecule has 0 aromatic heterocycles. The van der Waals surface area contributed by atoms with E-state index in [2.05, 4.69) is 13.8 Å². The summed E-state index contributed by atoms with van der Waals surface area (Å²) in [6.07, 6.45) is 26.3. The zero-order chi connectivity index (χ0) is 35.8. The maximum absolute atomic E-state index is 13.2. The van der Waals surface area contributed by atoms with Crippen molar-refractivity contribution in [2.24, 2.45) is 0 Å². The molecule has 0 fully saturated rings. The minimum atomic E-state index is -3.88. The molecule has 0 aromatic rings. The van der Waals surface area contributed by atoms with Crippen LogP contribution in [0.3, 0.4) is 0 Å². The fourth-order valence-electron chi connectivity index (χ4n) is 5.36. The quantitative estimate of drug-likeness (QED) is 0.0275. The van der Waals surface area contributed by atoms with Gasteiger partial charge in [0.15, 0.2) is 6.10 Å². The molecule has 0 N–H and O–H groups in total. The summed E-state index contributed by atoms with van der Waals surface area (Å²) in [5, 5.41) is 0. The molecule has 0 aliphatic rings. The van der Waals surface area contributed by atoms with Crippen molar-refractivity contribution in [2.75, 3.05) is 54.1 Å². The highest BCUT2D eigenvalue weighted by Crippen LogP contribution is 2.49. The number of esters is 2. The van der Waals surface area contributed by atoms with Crippen LogP contribution < -0.4 is 0 Å². The number of carbonyl (C=O) groups is 2. The first kappa shape index (κ1) is 47.0. The van der Waals surface area contributed by atoms with Crippen LogP contribution in [-0.2, 0) is 37.2 Å². The Labute approximate surface area is 296 Å². The normalized spacial score (nSPS) is 13.7. The Hall–Kier alpha value is -0.990. The SMILES string of the molecule is CCCCCCCCCCCCCCCCCC(=O)OCC(COP(=O)(OCC)OCC[N+](C)(C)C)OC(=O)CCCCCCCCC. The van der Waals surface area contributed by atoms with Gasteiger partial charge < -0.3 is 14.0 Å². The number of phosphoric acid groups is 1. The molecule has 0 aromatic carbocycles. The first-order valence-electron chi connectivity index (χ1n) is 19.7. The topological polar surface area (TPSA) is 97.4 Å². The van der Waals surface area contributed by atoms with Crippen LogP contribution in [0.5, 0.6) is 0 Å². The Morgan fingerprint density at radius 1 is 0.542 bits per heavy atom. The second-order valence-corrected chi connectivity index (χ2v) is 16.0. The fraction of sp³-hybridized carbons (Fsp3) is 0.947. The predicted molar refractivity (Wildman–Crippen MR) is 197 cm³/mol. The van der Waals surface area contributed by atoms with E-state index in [9.17, 15) is 14.2 Å². The summed E-state index contributed by atoms with van der Waals surface area (Å²) in [6, 6.07) is 0. The van der Waals surface area contributed by atoms with E-state index in [1.807, 2.05) is 21.1 Å². The van der Waals surface area contributed by atoms with Gasteiger partial charge in [-0.2, -0.15) is 0 Å². The van der Waals surface area contributed by atoms with Crippen molar-refractivity contribution >= 4 is 19.8 Å². The van der Waals surface area contributed by atoms with Crippen LogP contribution >= 0.6 is 7.82 Å². The molecule has 0 rings (SSSR count). The van der Waals surface area contributed by atoms with E-state index < -0.39 is 13.9 Å². The summed E-state index contributed by atoms with van der Waals surface area (Å²) in [4.78, 5) is 25.2. The van der Waals surface area contributed by atoms with Gasteiger partial charge >= 0.3 is 19.8 Å². The largest absolute Gasteiger partial charge is 0.475 e. The molecule has 10 heteroatoms. The standard InChI is InChI=1S/C38H77NO8P/c1-7-10-12-14-16-17-18-19-20-21-22-23-25-26-28-30-37(40)43-34-36(47-38(41)31-29-27-24-15-13-11-8-2)35-46-48(42,44-9-3)45-33-32-39(4,5)6/h36H,7-35H2,1-6H3/q+1. The second-order valence-electron chi connectivity index (χ2n) is 14.4. The molecule has 0 saturated heterocycles. The maximum atomic E-state index is 13.2. The van der Waals surface area contributed by atoms with E-state index in [1.54, 1.807) is 6.92 Å². The lowest BCUT2D eigenvalue weighted by Crippen LogP contribution is -2.37. The number of quaternary nitrogens is 1. The highest BCUT2D eigenvalue weighted by Gasteiger charge is 2.30. The molecule has 0 radical (unpaired) electrons. The number of nitrogens with zero attached hydrogens (tertiary/aromatic N) is 1. The number of likely N-dealkylation sites (N-methyl/N-ethyl adjacent to an activating group) is 1. The van der Waals surface area contributed by atoms with Gasteiger partial charge in [0.25, 0.3) is 0 Å². The molecule has 0 heterocycles. The number of hydrogen-bond donors (Lipinski definition) is 0. The van der Waals surface area contributed by atoms with Crippen LogP contribution in [-0.4, -0.2) is 76.6 Å². The van der Waals surface area contributed by atoms with E-state index in [-0.39, 0.29) is 44.8 Å². The lowest BCUT2D eigenvalue weighted by atomic mass is 10.0. The zero-order valence-electron chi connectivity index (χ0n) is 32.2. The summed E-state index contributed by atoms with van der Waals surface area (Å²) in [5.41, 5.74) is 0. The van der Waals surface area contributed by atoms with Gasteiger partial charge in [-0.3, -0.25) is 23.2 Å². The van der Waals surface area contributed by atoms with E-state index in [1.165, 1.54) is 103 Å². The molecule has 0 aliphatic heterocycles. The van der Waals surface area contributed by atoms with Crippen molar-refractivity contribution in [2.45, 2.75) is 181 Å². The van der Waals surface area contributed by atoms with Gasteiger partial charge in [-0.05, 0) is 19.8 Å². The minimum absolute atomic E-state index is 0.138. The predicted octanol–water partition coefficient (Wildman–Crippen LogP) is 10.7. The van der Waals surface area contributed by atoms with Gasteiger partial charge in [0.05, 0.1) is 34.4 Å². The average Bonchev–Trinajstić information content (AvgIpc) is 3.03. The monoisotopic (exact) mass is 707 g/mol. The Morgan fingerprint density at radius 3 is 1.38 bits per heavy atom. The number of rotatable bonds is 36. The molecule has 0 spiro atoms. The third-order valence-electron chi connectivity index (χ3n) is 8.41. The molecule has 286 valence electrons. The second kappa shape index (κ2) is 32.0. The van der Waals surface area contributed by atoms with E-state index in [4.69, 9.17) is 23.0 Å². The molecular weight excluding hydrogens is 629 g/mol. The van der Waals surface area contributed by atoms with Crippen LogP contribution in [0.2, 0.25) is 0 Å². The minimum Gasteiger partial charge on any atom is -0.462 e. The molecule has 48 heavy (non-hydrogen) atoms. The maximum Gasteiger partial charge on any atom is 0.475 e. The first-order chi connectivity index (χ1) is 23.0. The summed E-state index contributed by atoms with van der Waals surface area (Å²) >= 11 is 0. The van der Waals surface area contributed by atoms with Gasteiger partial charge in [0.1, 0.15) is 19.8 Å². The number of phosphoric ester groups is 1. The smallest absolute Gasteiger partial charge is 0.462 e. The number of hydrogen-bond acceptors (Lipinski definition) is 8. The van der Waals surface area contributed by atoms with Crippen LogP contribution in [0.1, 0.15) is 175 Å². The summed E-state index contributed by atoms with van der Waals surface area (Å²) in [7, 11) is 2.13. The van der Waals surface area contributed by atoms with Crippen molar-refractivity contribution in [1.29, 1.82) is 0 Å². The van der Waals surface area contributed by atoms with Gasteiger partial charge in [0.2, 0.25) is 0 Å². The van der Waals surface area contributed by atoms with Crippen molar-refractivity contribution < 1.29 is 41.7 Å². The third-order valence-corrected chi connectivity index (χ3v) is 9.95. The van der Waals surface area contributed by atoms with E-state index in [0.29, 0.717) is 17.4 Å². The highest BCUT2D eigenvalue weighted by atomic mass is 31.2. The van der Waals surface area contributed by atoms with E-state index in [0.717, 1.165) is 38.5 Å². The Balaban J connectivity index is 4.51. The number of carbonyl (C=O) groups excluding carboxylic acids is 2. The van der Waals surface area contributed by atoms with Crippen molar-refractivity contribution in [3.8, 4) is 0 Å². The van der Waals surface area contributed by atoms with Crippen LogP contribution in [0.15, 0.2) is 0 Å². The number of unbranched alkanes of at least 4 members (excludes halogenated alkanes) is 20. The van der Waals surface area contributed by atoms with E-state index >= 15 is 0 Å². The fourth-order valence-corrected chi connectivity index (χ4v) is 6.55.